The van der Waals surface area contributed by atoms with Crippen molar-refractivity contribution in [2.45, 2.75) is 46.7 Å². The molecule has 1 aliphatic rings. The summed E-state index contributed by atoms with van der Waals surface area (Å²) in [5.74, 6) is 1.81. The Kier molecular flexibility index (Phi) is 4.75. The van der Waals surface area contributed by atoms with Crippen molar-refractivity contribution in [3.8, 4) is 5.75 Å². The third-order valence-electron chi connectivity index (χ3n) is 4.26. The summed E-state index contributed by atoms with van der Waals surface area (Å²) in [7, 11) is 1.66. The lowest BCUT2D eigenvalue weighted by atomic mass is 9.92. The highest BCUT2D eigenvalue weighted by molar-refractivity contribution is 5.77. The first-order valence-electron chi connectivity index (χ1n) is 8.58. The smallest absolute Gasteiger partial charge is 0.223 e. The van der Waals surface area contributed by atoms with Crippen molar-refractivity contribution in [1.29, 1.82) is 0 Å². The van der Waals surface area contributed by atoms with Gasteiger partial charge in [0.2, 0.25) is 5.91 Å². The maximum Gasteiger partial charge on any atom is 0.223 e. The number of benzene rings is 1. The maximum absolute atomic E-state index is 12.4. The molecule has 1 aromatic heterocycles. The van der Waals surface area contributed by atoms with Gasteiger partial charge in [0.25, 0.3) is 0 Å². The number of rotatable bonds is 4. The number of carbonyl (C=O) groups is 1. The van der Waals surface area contributed by atoms with Crippen LogP contribution in [-0.4, -0.2) is 27.9 Å². The number of hydrogen-bond acceptors (Lipinski definition) is 4. The van der Waals surface area contributed by atoms with Gasteiger partial charge in [-0.1, -0.05) is 32.9 Å². The first-order valence-corrected chi connectivity index (χ1v) is 8.58. The third kappa shape index (κ3) is 4.35. The summed E-state index contributed by atoms with van der Waals surface area (Å²) >= 11 is 0. The average molecular weight is 339 g/mol. The maximum atomic E-state index is 12.4. The number of aromatic nitrogens is 2. The van der Waals surface area contributed by atoms with Gasteiger partial charge in [0.05, 0.1) is 19.3 Å². The van der Waals surface area contributed by atoms with Crippen LogP contribution in [-0.2, 0) is 24.3 Å². The van der Waals surface area contributed by atoms with E-state index >= 15 is 0 Å². The molecule has 0 atom stereocenters. The lowest BCUT2D eigenvalue weighted by molar-refractivity contribution is -0.133. The first kappa shape index (κ1) is 17.4. The van der Waals surface area contributed by atoms with E-state index < -0.39 is 0 Å². The Labute approximate surface area is 149 Å². The zero-order chi connectivity index (χ0) is 18.0. The normalized spacial score (nSPS) is 13.7. The van der Waals surface area contributed by atoms with Gasteiger partial charge >= 0.3 is 0 Å². The van der Waals surface area contributed by atoms with Crippen LogP contribution in [0, 0.1) is 5.41 Å². The van der Waals surface area contributed by atoms with Gasteiger partial charge in [0.15, 0.2) is 0 Å². The van der Waals surface area contributed by atoms with Gasteiger partial charge in [-0.15, -0.1) is 0 Å². The second kappa shape index (κ2) is 6.82. The summed E-state index contributed by atoms with van der Waals surface area (Å²) in [6.07, 6.45) is 3.09. The number of carbonyl (C=O) groups excluding carboxylic acids is 1. The molecule has 0 unspecified atom stereocenters. The van der Waals surface area contributed by atoms with E-state index in [2.05, 4.69) is 30.7 Å². The molecule has 0 spiro atoms. The van der Waals surface area contributed by atoms with Crippen LogP contribution in [0.4, 0.5) is 0 Å². The van der Waals surface area contributed by atoms with E-state index in [1.165, 1.54) is 0 Å². The fraction of sp³-hybridized carbons (Fsp3) is 0.450. The van der Waals surface area contributed by atoms with Crippen molar-refractivity contribution >= 4 is 5.91 Å². The third-order valence-corrected chi connectivity index (χ3v) is 4.26. The molecule has 5 heteroatoms. The van der Waals surface area contributed by atoms with Crippen molar-refractivity contribution in [2.24, 2.45) is 5.41 Å². The summed E-state index contributed by atoms with van der Waals surface area (Å²) in [6, 6.07) is 7.92. The number of ether oxygens (including phenoxy) is 1. The molecule has 0 saturated carbocycles. The van der Waals surface area contributed by atoms with Crippen molar-refractivity contribution in [3.05, 3.63) is 53.1 Å². The monoisotopic (exact) mass is 339 g/mol. The van der Waals surface area contributed by atoms with Crippen LogP contribution in [0.25, 0.3) is 0 Å². The van der Waals surface area contributed by atoms with E-state index in [9.17, 15) is 4.79 Å². The molecule has 132 valence electrons. The Hall–Kier alpha value is -2.43. The van der Waals surface area contributed by atoms with Gasteiger partial charge in [-0.25, -0.2) is 9.97 Å². The van der Waals surface area contributed by atoms with Gasteiger partial charge in [-0.05, 0) is 23.1 Å². The van der Waals surface area contributed by atoms with Crippen LogP contribution in [0.15, 0.2) is 30.5 Å². The van der Waals surface area contributed by atoms with Crippen LogP contribution in [0.1, 0.15) is 49.8 Å². The summed E-state index contributed by atoms with van der Waals surface area (Å²) in [5, 5.41) is 0. The number of amides is 1. The van der Waals surface area contributed by atoms with Crippen molar-refractivity contribution < 1.29 is 9.53 Å². The van der Waals surface area contributed by atoms with Crippen molar-refractivity contribution in [3.63, 3.8) is 0 Å². The Morgan fingerprint density at radius 1 is 1.20 bits per heavy atom. The highest BCUT2D eigenvalue weighted by Crippen LogP contribution is 2.26. The van der Waals surface area contributed by atoms with E-state index in [0.717, 1.165) is 28.4 Å². The molecule has 3 rings (SSSR count). The predicted molar refractivity (Wildman–Crippen MR) is 96.2 cm³/mol. The van der Waals surface area contributed by atoms with Crippen LogP contribution in [0.5, 0.6) is 5.75 Å². The molecule has 0 saturated heterocycles. The molecule has 1 aromatic carbocycles. The van der Waals surface area contributed by atoms with E-state index in [4.69, 9.17) is 4.74 Å². The standard InChI is InChI=1S/C20H25N3O2/c1-20(2,3)10-19(24)23-12-15-11-21-18(22-17(15)13-23)9-14-5-7-16(25-4)8-6-14/h5-8,11H,9-10,12-13H2,1-4H3. The Morgan fingerprint density at radius 3 is 2.56 bits per heavy atom. The number of fused-ring (bicyclic) bond motifs is 1. The minimum Gasteiger partial charge on any atom is -0.497 e. The van der Waals surface area contributed by atoms with Crippen molar-refractivity contribution in [2.75, 3.05) is 7.11 Å². The van der Waals surface area contributed by atoms with Crippen LogP contribution in [0.2, 0.25) is 0 Å². The van der Waals surface area contributed by atoms with Crippen LogP contribution < -0.4 is 4.74 Å². The molecular formula is C20H25N3O2. The second-order valence-corrected chi connectivity index (χ2v) is 7.77. The summed E-state index contributed by atoms with van der Waals surface area (Å²) in [5.41, 5.74) is 3.16. The van der Waals surface area contributed by atoms with Crippen molar-refractivity contribution in [1.82, 2.24) is 14.9 Å². The summed E-state index contributed by atoms with van der Waals surface area (Å²) < 4.78 is 5.18. The van der Waals surface area contributed by atoms with E-state index in [1.807, 2.05) is 35.4 Å². The Morgan fingerprint density at radius 2 is 1.92 bits per heavy atom. The van der Waals surface area contributed by atoms with E-state index in [-0.39, 0.29) is 11.3 Å². The molecule has 0 aliphatic carbocycles. The molecule has 0 radical (unpaired) electrons. The lowest BCUT2D eigenvalue weighted by Gasteiger charge is -2.22. The Balaban J connectivity index is 1.68. The highest BCUT2D eigenvalue weighted by atomic mass is 16.5. The van der Waals surface area contributed by atoms with Gasteiger partial charge in [0, 0.05) is 31.1 Å². The largest absolute Gasteiger partial charge is 0.497 e. The highest BCUT2D eigenvalue weighted by Gasteiger charge is 2.27. The first-order chi connectivity index (χ1) is 11.8. The van der Waals surface area contributed by atoms with Crippen LogP contribution in [0.3, 0.4) is 0 Å². The van der Waals surface area contributed by atoms with Gasteiger partial charge in [0.1, 0.15) is 11.6 Å². The zero-order valence-corrected chi connectivity index (χ0v) is 15.4. The average Bonchev–Trinajstić information content (AvgIpc) is 2.97. The SMILES string of the molecule is COc1ccc(Cc2ncc3c(n2)CN(C(=O)CC(C)(C)C)C3)cc1. The van der Waals surface area contributed by atoms with Gasteiger partial charge < -0.3 is 9.64 Å². The minimum atomic E-state index is -0.00291. The molecule has 1 amide bonds. The molecule has 25 heavy (non-hydrogen) atoms. The molecule has 0 N–H and O–H groups in total. The molecule has 1 aliphatic heterocycles. The minimum absolute atomic E-state index is 0.00291. The second-order valence-electron chi connectivity index (χ2n) is 7.77. The fourth-order valence-electron chi connectivity index (χ4n) is 2.95. The lowest BCUT2D eigenvalue weighted by Crippen LogP contribution is -2.29. The predicted octanol–water partition coefficient (Wildman–Crippen LogP) is 3.35. The van der Waals surface area contributed by atoms with Gasteiger partial charge in [-0.3, -0.25) is 4.79 Å². The number of nitrogens with zero attached hydrogens (tertiary/aromatic N) is 3. The van der Waals surface area contributed by atoms with E-state index in [1.54, 1.807) is 7.11 Å². The summed E-state index contributed by atoms with van der Waals surface area (Å²) in [4.78, 5) is 23.5. The number of methoxy groups -OCH3 is 1. The molecular weight excluding hydrogens is 314 g/mol. The molecule has 2 heterocycles. The van der Waals surface area contributed by atoms with E-state index in [0.29, 0.717) is 25.9 Å². The quantitative estimate of drug-likeness (QED) is 0.857. The Bertz CT molecular complexity index is 764. The zero-order valence-electron chi connectivity index (χ0n) is 15.4. The van der Waals surface area contributed by atoms with Gasteiger partial charge in [-0.2, -0.15) is 0 Å². The number of hydrogen-bond donors (Lipinski definition) is 0. The molecule has 5 nitrogen and oxygen atoms in total. The molecule has 2 aromatic rings. The summed E-state index contributed by atoms with van der Waals surface area (Å²) in [6.45, 7) is 7.46. The topological polar surface area (TPSA) is 55.3 Å². The fourth-order valence-corrected chi connectivity index (χ4v) is 2.95. The van der Waals surface area contributed by atoms with Crippen LogP contribution >= 0.6 is 0 Å². The molecule has 0 bridgehead atoms. The molecule has 0 fully saturated rings.